The fourth-order valence-corrected chi connectivity index (χ4v) is 5.28. The van der Waals surface area contributed by atoms with E-state index in [9.17, 15) is 15.0 Å². The number of fused-ring (bicyclic) bond motifs is 1. The second kappa shape index (κ2) is 17.2. The molecule has 0 spiro atoms. The lowest BCUT2D eigenvalue weighted by Crippen LogP contribution is -2.28. The van der Waals surface area contributed by atoms with E-state index in [-0.39, 0.29) is 25.9 Å². The van der Waals surface area contributed by atoms with Gasteiger partial charge in [-0.1, -0.05) is 90.5 Å². The van der Waals surface area contributed by atoms with Crippen LogP contribution in [0.5, 0.6) is 5.75 Å². The minimum Gasteiger partial charge on any atom is -0.488 e. The molecule has 234 valence electrons. The summed E-state index contributed by atoms with van der Waals surface area (Å²) in [5.41, 5.74) is 5.11. The molecule has 0 aromatic heterocycles. The van der Waals surface area contributed by atoms with Crippen LogP contribution in [0, 0.1) is 12.8 Å². The van der Waals surface area contributed by atoms with Gasteiger partial charge in [0.2, 0.25) is 0 Å². The average Bonchev–Trinajstić information content (AvgIpc) is 3.29. The van der Waals surface area contributed by atoms with E-state index in [1.54, 1.807) is 0 Å². The van der Waals surface area contributed by atoms with Crippen molar-refractivity contribution in [3.8, 4) is 18.6 Å². The minimum absolute atomic E-state index is 0.130. The van der Waals surface area contributed by atoms with E-state index in [4.69, 9.17) is 4.74 Å². The number of benzene rings is 4. The van der Waals surface area contributed by atoms with Crippen LogP contribution in [0.25, 0.3) is 22.4 Å². The number of anilines is 1. The molecule has 0 bridgehead atoms. The molecule has 0 aliphatic heterocycles. The van der Waals surface area contributed by atoms with Crippen molar-refractivity contribution in [2.75, 3.05) is 18.5 Å². The molecule has 0 heterocycles. The predicted octanol–water partition coefficient (Wildman–Crippen LogP) is 6.32. The number of ether oxygens (including phenoxy) is 1. The Bertz CT molecular complexity index is 1900. The summed E-state index contributed by atoms with van der Waals surface area (Å²) >= 11 is 0. The topological polar surface area (TPSA) is 90.8 Å². The Labute approximate surface area is 270 Å². The van der Waals surface area contributed by atoms with Crippen LogP contribution in [-0.4, -0.2) is 29.5 Å². The van der Waals surface area contributed by atoms with Crippen molar-refractivity contribution < 1.29 is 19.7 Å². The van der Waals surface area contributed by atoms with E-state index in [0.717, 1.165) is 56.4 Å². The lowest BCUT2D eigenvalue weighted by Gasteiger charge is -2.17. The first-order chi connectivity index (χ1) is 22.6. The number of aliphatic hydroxyl groups is 2. The van der Waals surface area contributed by atoms with E-state index < -0.39 is 0 Å². The Morgan fingerprint density at radius 1 is 0.935 bits per heavy atom. The van der Waals surface area contributed by atoms with Gasteiger partial charge in [-0.15, -0.1) is 12.8 Å². The summed E-state index contributed by atoms with van der Waals surface area (Å²) in [7, 11) is 0. The molecule has 46 heavy (non-hydrogen) atoms. The van der Waals surface area contributed by atoms with Gasteiger partial charge in [-0.05, 0) is 88.9 Å². The Kier molecular flexibility index (Phi) is 12.6. The SMILES string of the molecule is C#C.CC1=CC=C(NC(=O)Nc2cccc(COc3ccc4ccccc4c3/C(CO)=c3\cccc\c3=C\CCCO)c2)C=CC1. The predicted molar refractivity (Wildman–Crippen MR) is 188 cm³/mol. The van der Waals surface area contributed by atoms with E-state index in [0.29, 0.717) is 17.9 Å². The number of allylic oxidation sites excluding steroid dienone is 5. The molecule has 0 radical (unpaired) electrons. The number of nitrogens with one attached hydrogen (secondary N) is 2. The van der Waals surface area contributed by atoms with Gasteiger partial charge >= 0.3 is 6.03 Å². The number of amides is 2. The summed E-state index contributed by atoms with van der Waals surface area (Å²) < 4.78 is 6.45. The van der Waals surface area contributed by atoms with Crippen molar-refractivity contribution in [3.63, 3.8) is 0 Å². The fourth-order valence-electron chi connectivity index (χ4n) is 5.28. The highest BCUT2D eigenvalue weighted by Gasteiger charge is 2.15. The minimum atomic E-state index is -0.319. The van der Waals surface area contributed by atoms with Crippen molar-refractivity contribution in [2.24, 2.45) is 0 Å². The molecule has 1 aliphatic carbocycles. The molecule has 0 saturated heterocycles. The third kappa shape index (κ3) is 8.86. The molecule has 0 unspecified atom stereocenters. The Morgan fingerprint density at radius 3 is 2.57 bits per heavy atom. The van der Waals surface area contributed by atoms with Gasteiger partial charge < -0.3 is 25.6 Å². The van der Waals surface area contributed by atoms with Crippen molar-refractivity contribution in [1.29, 1.82) is 0 Å². The number of hydrogen-bond acceptors (Lipinski definition) is 4. The average molecular weight is 613 g/mol. The van der Waals surface area contributed by atoms with Gasteiger partial charge in [0.25, 0.3) is 0 Å². The van der Waals surface area contributed by atoms with Gasteiger partial charge in [-0.2, -0.15) is 0 Å². The van der Waals surface area contributed by atoms with Gasteiger partial charge in [0.1, 0.15) is 12.4 Å². The van der Waals surface area contributed by atoms with E-state index >= 15 is 0 Å². The van der Waals surface area contributed by atoms with Crippen LogP contribution in [0.2, 0.25) is 0 Å². The Balaban J connectivity index is 0.00000235. The van der Waals surface area contributed by atoms with Crippen LogP contribution in [0.3, 0.4) is 0 Å². The highest BCUT2D eigenvalue weighted by Crippen LogP contribution is 2.33. The van der Waals surface area contributed by atoms with Crippen LogP contribution in [0.4, 0.5) is 10.5 Å². The van der Waals surface area contributed by atoms with E-state index in [2.05, 4.69) is 42.5 Å². The number of unbranched alkanes of at least 4 members (excludes halogenated alkanes) is 1. The molecular weight excluding hydrogens is 572 g/mol. The molecule has 4 aromatic rings. The van der Waals surface area contributed by atoms with Gasteiger partial charge in [0.05, 0.1) is 6.61 Å². The summed E-state index contributed by atoms with van der Waals surface area (Å²) in [6.45, 7) is 2.28. The van der Waals surface area contributed by atoms with Crippen LogP contribution in [0.1, 0.15) is 37.3 Å². The lowest BCUT2D eigenvalue weighted by atomic mass is 9.95. The first-order valence-corrected chi connectivity index (χ1v) is 15.2. The molecule has 2 amide bonds. The van der Waals surface area contributed by atoms with Gasteiger partial charge in [-0.3, -0.25) is 0 Å². The maximum atomic E-state index is 12.7. The summed E-state index contributed by atoms with van der Waals surface area (Å²) in [5.74, 6) is 0.657. The summed E-state index contributed by atoms with van der Waals surface area (Å²) in [6.07, 6.45) is 20.2. The molecule has 0 atom stereocenters. The number of hydrogen-bond donors (Lipinski definition) is 4. The van der Waals surface area contributed by atoms with Gasteiger partial charge in [0, 0.05) is 23.6 Å². The fraction of sp³-hybridized carbons (Fsp3) is 0.175. The van der Waals surface area contributed by atoms with Gasteiger partial charge in [0.15, 0.2) is 0 Å². The largest absolute Gasteiger partial charge is 0.488 e. The number of urea groups is 1. The standard InChI is InChI=1S/C38H38N2O4.C2H2/c1-27-10-8-15-31(21-19-27)39-38(43)40-32-16-9-11-28(24-32)26-44-36-22-20-30-13-3-5-18-34(30)37(36)35(25-42)33-17-4-2-12-29(33)14-6-7-23-41;1-2/h2-5,8-9,11-22,24,41-42H,6-7,10,23,25-26H2,1H3,(H2,39,40,43);1-2H/b29-14-,35-33+;. The summed E-state index contributed by atoms with van der Waals surface area (Å²) in [4.78, 5) is 12.7. The molecule has 5 rings (SSSR count). The number of carbonyl (C=O) groups is 1. The first-order valence-electron chi connectivity index (χ1n) is 15.2. The van der Waals surface area contributed by atoms with Crippen molar-refractivity contribution in [2.45, 2.75) is 32.8 Å². The molecule has 4 N–H and O–H groups in total. The number of aliphatic hydroxyl groups excluding tert-OH is 2. The quantitative estimate of drug-likeness (QED) is 0.125. The van der Waals surface area contributed by atoms with Gasteiger partial charge in [-0.25, -0.2) is 4.79 Å². The molecule has 0 saturated carbocycles. The maximum Gasteiger partial charge on any atom is 0.323 e. The lowest BCUT2D eigenvalue weighted by molar-refractivity contribution is 0.254. The molecular formula is C40H40N2O4. The first kappa shape index (κ1) is 33.5. The zero-order valence-electron chi connectivity index (χ0n) is 26.1. The van der Waals surface area contributed by atoms with Crippen LogP contribution >= 0.6 is 0 Å². The van der Waals surface area contributed by atoms with Crippen molar-refractivity contribution >= 4 is 34.1 Å². The number of rotatable bonds is 10. The summed E-state index contributed by atoms with van der Waals surface area (Å²) in [6, 6.07) is 27.3. The normalized spacial score (nSPS) is 13.5. The Morgan fingerprint density at radius 2 is 1.74 bits per heavy atom. The molecule has 1 aliphatic rings. The van der Waals surface area contributed by atoms with Crippen LogP contribution < -0.4 is 25.8 Å². The highest BCUT2D eigenvalue weighted by atomic mass is 16.5. The Hall–Kier alpha value is -5.35. The number of carbonyl (C=O) groups excluding carboxylic acids is 1. The highest BCUT2D eigenvalue weighted by molar-refractivity contribution is 5.96. The van der Waals surface area contributed by atoms with Crippen LogP contribution in [0.15, 0.2) is 121 Å². The zero-order valence-corrected chi connectivity index (χ0v) is 26.1. The van der Waals surface area contributed by atoms with E-state index in [1.165, 1.54) is 5.57 Å². The smallest absolute Gasteiger partial charge is 0.323 e. The molecule has 6 heteroatoms. The molecule has 6 nitrogen and oxygen atoms in total. The van der Waals surface area contributed by atoms with Crippen molar-refractivity contribution in [3.05, 3.63) is 142 Å². The van der Waals surface area contributed by atoms with E-state index in [1.807, 2.05) is 103 Å². The molecule has 0 fully saturated rings. The summed E-state index contributed by atoms with van der Waals surface area (Å²) in [5, 5.41) is 29.8. The third-order valence-electron chi connectivity index (χ3n) is 7.48. The maximum absolute atomic E-state index is 12.7. The molecule has 4 aromatic carbocycles. The number of terminal acetylenes is 1. The zero-order chi connectivity index (χ0) is 32.7. The second-order valence-electron chi connectivity index (χ2n) is 10.8. The monoisotopic (exact) mass is 612 g/mol. The third-order valence-corrected chi connectivity index (χ3v) is 7.48. The van der Waals surface area contributed by atoms with Crippen LogP contribution in [-0.2, 0) is 6.61 Å². The van der Waals surface area contributed by atoms with Crippen molar-refractivity contribution in [1.82, 2.24) is 5.32 Å². The second-order valence-corrected chi connectivity index (χ2v) is 10.8.